The third-order valence-corrected chi connectivity index (χ3v) is 9.18. The minimum Gasteiger partial charge on any atom is -1.00 e. The van der Waals surface area contributed by atoms with Crippen LogP contribution in [0.1, 0.15) is 87.5 Å². The molecular formula is C34H36ClN3O10. The van der Waals surface area contributed by atoms with Gasteiger partial charge in [0, 0.05) is 47.6 Å². The van der Waals surface area contributed by atoms with E-state index in [1.807, 2.05) is 0 Å². The number of amides is 1. The highest BCUT2D eigenvalue weighted by Gasteiger charge is 2.49. The smallest absolute Gasteiger partial charge is 1.00 e. The SMILES string of the molecule is COc1cccc2c1C(=O)c1c(O)c3c(c(O)c1C2=O)C[C@@](O)(/C(C)=N\NC(=O)c1ccccc1)C[C@@H]3OC1CC(N)C(O)C(C)O1.[Cl-].[H+]. The monoisotopic (exact) mass is 681 g/mol. The van der Waals surface area contributed by atoms with Crippen molar-refractivity contribution >= 4 is 23.2 Å². The van der Waals surface area contributed by atoms with Crippen molar-refractivity contribution in [1.29, 1.82) is 0 Å². The van der Waals surface area contributed by atoms with Crippen LogP contribution in [0.2, 0.25) is 0 Å². The Balaban J connectivity index is 0.00000270. The fraction of sp³-hybridized carbons (Fsp3) is 0.353. The quantitative estimate of drug-likeness (QED) is 0.0857. The number of halogens is 1. The van der Waals surface area contributed by atoms with Crippen molar-refractivity contribution in [3.8, 4) is 17.2 Å². The Labute approximate surface area is 283 Å². The molecule has 13 nitrogen and oxygen atoms in total. The number of aliphatic hydroxyl groups excluding tert-OH is 1. The van der Waals surface area contributed by atoms with Gasteiger partial charge in [0.2, 0.25) is 5.78 Å². The van der Waals surface area contributed by atoms with Gasteiger partial charge in [-0.3, -0.25) is 14.4 Å². The Bertz CT molecular complexity index is 1810. The first-order valence-corrected chi connectivity index (χ1v) is 15.1. The summed E-state index contributed by atoms with van der Waals surface area (Å²) in [5, 5.41) is 50.0. The normalized spacial score (nSPS) is 26.5. The zero-order valence-corrected chi connectivity index (χ0v) is 27.0. The molecule has 1 aliphatic heterocycles. The van der Waals surface area contributed by atoms with E-state index in [0.717, 1.165) is 0 Å². The number of carbonyl (C=O) groups excluding carboxylic acids is 3. The number of phenols is 2. The van der Waals surface area contributed by atoms with Crippen molar-refractivity contribution in [1.82, 2.24) is 5.43 Å². The number of fused-ring (bicyclic) bond motifs is 3. The van der Waals surface area contributed by atoms with E-state index in [1.54, 1.807) is 37.3 Å². The largest absolute Gasteiger partial charge is 1.00 e. The highest BCUT2D eigenvalue weighted by Crippen LogP contribution is 2.52. The summed E-state index contributed by atoms with van der Waals surface area (Å²) in [6.07, 6.45) is -4.51. The van der Waals surface area contributed by atoms with E-state index >= 15 is 0 Å². The Kier molecular flexibility index (Phi) is 9.66. The number of nitrogens with two attached hydrogens (primary N) is 1. The maximum Gasteiger partial charge on any atom is 1.00 e. The number of hydrogen-bond acceptors (Lipinski definition) is 12. The van der Waals surface area contributed by atoms with Crippen LogP contribution in [0.4, 0.5) is 0 Å². The lowest BCUT2D eigenvalue weighted by molar-refractivity contribution is -0.245. The highest BCUT2D eigenvalue weighted by atomic mass is 35.5. The van der Waals surface area contributed by atoms with Gasteiger partial charge in [-0.25, -0.2) is 5.43 Å². The van der Waals surface area contributed by atoms with Gasteiger partial charge in [-0.2, -0.15) is 5.10 Å². The van der Waals surface area contributed by atoms with E-state index in [0.29, 0.717) is 5.56 Å². The van der Waals surface area contributed by atoms with E-state index in [9.17, 15) is 34.8 Å². The molecule has 3 aromatic rings. The van der Waals surface area contributed by atoms with Crippen molar-refractivity contribution in [2.24, 2.45) is 10.8 Å². The van der Waals surface area contributed by atoms with Crippen LogP contribution < -0.4 is 28.3 Å². The van der Waals surface area contributed by atoms with Crippen LogP contribution >= 0.6 is 0 Å². The van der Waals surface area contributed by atoms with Gasteiger partial charge in [-0.15, -0.1) is 0 Å². The lowest BCUT2D eigenvalue weighted by Gasteiger charge is -2.42. The Morgan fingerprint density at radius 1 is 1.06 bits per heavy atom. The number of nitrogens with zero attached hydrogens (tertiary/aromatic N) is 1. The van der Waals surface area contributed by atoms with Gasteiger partial charge in [0.1, 0.15) is 22.8 Å². The maximum atomic E-state index is 13.9. The van der Waals surface area contributed by atoms with Crippen LogP contribution in [-0.4, -0.2) is 80.9 Å². The maximum absolute atomic E-state index is 13.9. The molecule has 6 atom stereocenters. The highest BCUT2D eigenvalue weighted by molar-refractivity contribution is 6.31. The number of phenolic OH excluding ortho intramolecular Hbond substituents is 2. The van der Waals surface area contributed by atoms with E-state index in [1.165, 1.54) is 32.2 Å². The van der Waals surface area contributed by atoms with Crippen LogP contribution in [0.25, 0.3) is 0 Å². The molecule has 1 saturated heterocycles. The molecule has 0 saturated carbocycles. The number of rotatable bonds is 6. The molecule has 1 fully saturated rings. The van der Waals surface area contributed by atoms with Crippen molar-refractivity contribution in [3.63, 3.8) is 0 Å². The first-order valence-electron chi connectivity index (χ1n) is 15.1. The third-order valence-electron chi connectivity index (χ3n) is 9.18. The number of hydrogen-bond donors (Lipinski definition) is 6. The first-order chi connectivity index (χ1) is 22.4. The van der Waals surface area contributed by atoms with Crippen LogP contribution in [0.3, 0.4) is 0 Å². The van der Waals surface area contributed by atoms with Crippen molar-refractivity contribution < 1.29 is 62.9 Å². The van der Waals surface area contributed by atoms with Gasteiger partial charge in [0.25, 0.3) is 5.91 Å². The van der Waals surface area contributed by atoms with Gasteiger partial charge in [0.15, 0.2) is 12.1 Å². The molecule has 3 aliphatic rings. The number of benzene rings is 3. The van der Waals surface area contributed by atoms with E-state index in [-0.39, 0.29) is 66.8 Å². The molecule has 2 aliphatic carbocycles. The number of hydrazone groups is 1. The zero-order valence-electron chi connectivity index (χ0n) is 27.3. The second-order valence-electron chi connectivity index (χ2n) is 12.1. The molecule has 1 amide bonds. The van der Waals surface area contributed by atoms with Gasteiger partial charge in [-0.1, -0.05) is 30.3 Å². The van der Waals surface area contributed by atoms with Crippen LogP contribution in [0, 0.1) is 0 Å². The average molecular weight is 682 g/mol. The predicted molar refractivity (Wildman–Crippen MR) is 168 cm³/mol. The number of nitrogens with one attached hydrogen (secondary N) is 1. The summed E-state index contributed by atoms with van der Waals surface area (Å²) < 4.78 is 17.5. The molecule has 0 bridgehead atoms. The Morgan fingerprint density at radius 2 is 1.75 bits per heavy atom. The summed E-state index contributed by atoms with van der Waals surface area (Å²) in [5.41, 5.74) is 6.04. The topological polar surface area (TPSA) is 210 Å². The van der Waals surface area contributed by atoms with E-state index in [4.69, 9.17) is 19.9 Å². The van der Waals surface area contributed by atoms with Crippen LogP contribution in [0.15, 0.2) is 53.6 Å². The summed E-state index contributed by atoms with van der Waals surface area (Å²) in [5.74, 6) is -3.08. The summed E-state index contributed by atoms with van der Waals surface area (Å²) in [6.45, 7) is 3.09. The number of aliphatic hydroxyl groups is 2. The standard InChI is InChI=1S/C34H35N3O10.ClH/c1-15-28(38)20(35)12-23(46-15)47-22-14-34(44,16(2)36-37-33(43)17-8-5-4-6-9-17)13-19-25(22)32(42)27-26(30(19)40)29(39)18-10-7-11-21(45-3)24(18)31(27)41;/h4-11,15,20,22-23,28,38,40,42,44H,12-14,35H2,1-3H3,(H,37,43);1H/b36-16-;/t15?,20?,22-,23?,28?,34-;/m0./s1. The molecule has 3 aromatic carbocycles. The molecule has 14 heteroatoms. The molecule has 48 heavy (non-hydrogen) atoms. The zero-order chi connectivity index (χ0) is 33.8. The summed E-state index contributed by atoms with van der Waals surface area (Å²) in [7, 11) is 1.34. The molecular weight excluding hydrogens is 646 g/mol. The summed E-state index contributed by atoms with van der Waals surface area (Å²) in [6, 6.07) is 12.1. The van der Waals surface area contributed by atoms with Crippen LogP contribution in [-0.2, 0) is 15.9 Å². The van der Waals surface area contributed by atoms with Gasteiger partial charge >= 0.3 is 1.43 Å². The average Bonchev–Trinajstić information content (AvgIpc) is 3.06. The summed E-state index contributed by atoms with van der Waals surface area (Å²) in [4.78, 5) is 40.4. The van der Waals surface area contributed by atoms with E-state index in [2.05, 4.69) is 10.5 Å². The number of ketones is 2. The Hall–Kier alpha value is -4.37. The molecule has 0 radical (unpaired) electrons. The second kappa shape index (κ2) is 13.3. The first kappa shape index (κ1) is 35.0. The third kappa shape index (κ3) is 5.82. The molecule has 1 heterocycles. The van der Waals surface area contributed by atoms with Gasteiger partial charge in [-0.05, 0) is 32.0 Å². The fourth-order valence-corrected chi connectivity index (χ4v) is 6.56. The number of aromatic hydroxyl groups is 2. The van der Waals surface area contributed by atoms with Gasteiger partial charge < -0.3 is 52.8 Å². The van der Waals surface area contributed by atoms with Crippen LogP contribution in [0.5, 0.6) is 17.2 Å². The minimum atomic E-state index is -1.88. The minimum absolute atomic E-state index is 0. The molecule has 0 aromatic heterocycles. The lowest BCUT2D eigenvalue weighted by Crippen LogP contribution is -3.00. The predicted octanol–water partition coefficient (Wildman–Crippen LogP) is -0.638. The Morgan fingerprint density at radius 3 is 2.42 bits per heavy atom. The number of ether oxygens (including phenoxy) is 3. The lowest BCUT2D eigenvalue weighted by atomic mass is 9.71. The molecule has 7 N–H and O–H groups in total. The molecule has 0 spiro atoms. The van der Waals surface area contributed by atoms with E-state index < -0.39 is 76.3 Å². The number of carbonyl (C=O) groups is 3. The van der Waals surface area contributed by atoms with Gasteiger partial charge in [0.05, 0.1) is 47.8 Å². The second-order valence-corrected chi connectivity index (χ2v) is 12.1. The summed E-state index contributed by atoms with van der Waals surface area (Å²) >= 11 is 0. The number of methoxy groups -OCH3 is 1. The molecule has 4 unspecified atom stereocenters. The molecule has 6 rings (SSSR count). The van der Waals surface area contributed by atoms with Crippen molar-refractivity contribution in [2.75, 3.05) is 7.11 Å². The molecule has 254 valence electrons. The fourth-order valence-electron chi connectivity index (χ4n) is 6.56. The van der Waals surface area contributed by atoms with Crippen molar-refractivity contribution in [2.45, 2.75) is 69.4 Å². The van der Waals surface area contributed by atoms with Crippen molar-refractivity contribution in [3.05, 3.63) is 87.5 Å².